The lowest BCUT2D eigenvalue weighted by atomic mass is 9.84. The van der Waals surface area contributed by atoms with Gasteiger partial charge in [0, 0.05) is 29.9 Å². The van der Waals surface area contributed by atoms with Crippen LogP contribution in [0.1, 0.15) is 11.3 Å². The Labute approximate surface area is 200 Å². The zero-order valence-corrected chi connectivity index (χ0v) is 18.2. The van der Waals surface area contributed by atoms with Crippen LogP contribution in [0, 0.1) is 17.0 Å². The van der Waals surface area contributed by atoms with Crippen molar-refractivity contribution in [1.82, 2.24) is 10.4 Å². The minimum atomic E-state index is -4.87. The molecule has 14 heteroatoms. The molecule has 0 amide bonds. The first-order valence-electron chi connectivity index (χ1n) is 9.81. The lowest BCUT2D eigenvalue weighted by Crippen LogP contribution is -2.52. The zero-order valence-electron chi connectivity index (χ0n) is 18.2. The van der Waals surface area contributed by atoms with Gasteiger partial charge in [0.05, 0.1) is 6.34 Å². The molecule has 36 heavy (non-hydrogen) atoms. The van der Waals surface area contributed by atoms with E-state index in [0.717, 1.165) is 30.7 Å². The van der Waals surface area contributed by atoms with E-state index in [1.807, 2.05) is 5.43 Å². The average Bonchev–Trinajstić information content (AvgIpc) is 2.79. The van der Waals surface area contributed by atoms with E-state index in [2.05, 4.69) is 15.5 Å². The second kappa shape index (κ2) is 11.3. The van der Waals surface area contributed by atoms with Gasteiger partial charge in [0.2, 0.25) is 0 Å². The maximum absolute atomic E-state index is 15.3. The molecular weight excluding hydrogens is 499 g/mol. The topological polar surface area (TPSA) is 130 Å². The number of nitrogens with one attached hydrogen (secondary N) is 2. The van der Waals surface area contributed by atoms with Gasteiger partial charge in [-0.1, -0.05) is 24.3 Å². The fourth-order valence-electron chi connectivity index (χ4n) is 3.16. The number of nitrogens with zero attached hydrogens (tertiary/aromatic N) is 1. The van der Waals surface area contributed by atoms with Crippen molar-refractivity contribution in [1.29, 1.82) is 5.41 Å². The number of aromatic nitrogens is 1. The highest BCUT2D eigenvalue weighted by Crippen LogP contribution is 2.45. The summed E-state index contributed by atoms with van der Waals surface area (Å²) >= 11 is 0. The zero-order chi connectivity index (χ0) is 27.1. The number of alkyl halides is 5. The third-order valence-corrected chi connectivity index (χ3v) is 4.76. The molecule has 1 aromatic heterocycles. The number of ether oxygens (including phenoxy) is 1. The van der Waals surface area contributed by atoms with Crippen LogP contribution in [0.15, 0.2) is 60.8 Å². The Balaban J connectivity index is 0.00000145. The SMILES string of the molecule is N=CN.NNCC(O)(c1ccc(F)cc1F)C(F)(F)c1ccc(-c2ccc(OC(F)(F)F)cc2)cn1. The van der Waals surface area contributed by atoms with E-state index in [1.165, 1.54) is 18.2 Å². The molecule has 1 atom stereocenters. The Hall–Kier alpha value is -3.75. The molecule has 0 aliphatic heterocycles. The van der Waals surface area contributed by atoms with Gasteiger partial charge in [-0.05, 0) is 29.8 Å². The lowest BCUT2D eigenvalue weighted by Gasteiger charge is -2.35. The van der Waals surface area contributed by atoms with E-state index in [4.69, 9.17) is 11.3 Å². The number of rotatable bonds is 7. The van der Waals surface area contributed by atoms with Gasteiger partial charge in [0.25, 0.3) is 0 Å². The molecule has 7 nitrogen and oxygen atoms in total. The van der Waals surface area contributed by atoms with E-state index in [9.17, 15) is 27.1 Å². The second-order valence-electron chi connectivity index (χ2n) is 7.11. The van der Waals surface area contributed by atoms with Crippen LogP contribution in [-0.4, -0.2) is 29.3 Å². The molecule has 194 valence electrons. The summed E-state index contributed by atoms with van der Waals surface area (Å²) in [6.07, 6.45) is -3.12. The van der Waals surface area contributed by atoms with Gasteiger partial charge >= 0.3 is 12.3 Å². The fraction of sp³-hybridized carbons (Fsp3) is 0.182. The quantitative estimate of drug-likeness (QED) is 0.106. The molecule has 3 aromatic rings. The second-order valence-corrected chi connectivity index (χ2v) is 7.11. The molecule has 0 spiro atoms. The van der Waals surface area contributed by atoms with Crippen molar-refractivity contribution in [2.75, 3.05) is 6.54 Å². The van der Waals surface area contributed by atoms with E-state index in [1.54, 1.807) is 0 Å². The van der Waals surface area contributed by atoms with Crippen molar-refractivity contribution in [2.24, 2.45) is 11.6 Å². The number of pyridine rings is 1. The maximum atomic E-state index is 15.3. The molecule has 1 unspecified atom stereocenters. The highest BCUT2D eigenvalue weighted by atomic mass is 19.4. The molecule has 7 N–H and O–H groups in total. The molecule has 0 fully saturated rings. The third-order valence-electron chi connectivity index (χ3n) is 4.76. The molecule has 0 radical (unpaired) electrons. The Morgan fingerprint density at radius 3 is 2.03 bits per heavy atom. The average molecular weight is 519 g/mol. The minimum Gasteiger partial charge on any atom is -0.406 e. The fourth-order valence-corrected chi connectivity index (χ4v) is 3.16. The highest BCUT2D eigenvalue weighted by molar-refractivity contribution is 5.63. The van der Waals surface area contributed by atoms with Crippen LogP contribution in [0.25, 0.3) is 11.1 Å². The van der Waals surface area contributed by atoms with Crippen molar-refractivity contribution in [3.8, 4) is 16.9 Å². The number of halogens is 7. The smallest absolute Gasteiger partial charge is 0.406 e. The molecule has 1 heterocycles. The number of nitrogens with two attached hydrogens (primary N) is 2. The Morgan fingerprint density at radius 2 is 1.56 bits per heavy atom. The summed E-state index contributed by atoms with van der Waals surface area (Å²) in [5, 5.41) is 16.6. The first kappa shape index (κ1) is 28.5. The van der Waals surface area contributed by atoms with Crippen molar-refractivity contribution in [3.05, 3.63) is 83.7 Å². The summed E-state index contributed by atoms with van der Waals surface area (Å²) in [6, 6.07) is 8.37. The van der Waals surface area contributed by atoms with Gasteiger partial charge in [0.15, 0.2) is 5.60 Å². The van der Waals surface area contributed by atoms with Crippen molar-refractivity contribution >= 4 is 6.34 Å². The molecule has 3 rings (SSSR count). The standard InChI is InChI=1S/C21H16F7N3O2.CH4N2/c22-14-4-7-16(17(23)9-14)19(32,11-31-29)20(24,25)18-8-3-13(10-30-18)12-1-5-15(6-2-12)33-21(26,27)28;2-1-3/h1-10,31-32H,11,29H2;1H,(H3,2,3). The van der Waals surface area contributed by atoms with Crippen LogP contribution in [-0.2, 0) is 11.5 Å². The molecule has 0 saturated heterocycles. The predicted octanol–water partition coefficient (Wildman–Crippen LogP) is 3.92. The Bertz CT molecular complexity index is 1160. The van der Waals surface area contributed by atoms with Crippen LogP contribution in [0.3, 0.4) is 0 Å². The normalized spacial score (nSPS) is 13.2. The van der Waals surface area contributed by atoms with Crippen LogP contribution >= 0.6 is 0 Å². The van der Waals surface area contributed by atoms with Crippen molar-refractivity contribution < 1.29 is 40.6 Å². The summed E-state index contributed by atoms with van der Waals surface area (Å²) in [6.45, 7) is -1.01. The van der Waals surface area contributed by atoms with Gasteiger partial charge in [-0.15, -0.1) is 13.2 Å². The number of hydrazine groups is 1. The van der Waals surface area contributed by atoms with Crippen LogP contribution in [0.5, 0.6) is 5.75 Å². The van der Waals surface area contributed by atoms with Crippen molar-refractivity contribution in [3.63, 3.8) is 0 Å². The molecule has 0 saturated carbocycles. The minimum absolute atomic E-state index is 0.265. The van der Waals surface area contributed by atoms with Gasteiger partial charge in [-0.25, -0.2) is 8.78 Å². The van der Waals surface area contributed by atoms with E-state index in [0.29, 0.717) is 23.8 Å². The van der Waals surface area contributed by atoms with E-state index < -0.39 is 53.1 Å². The van der Waals surface area contributed by atoms with Gasteiger partial charge < -0.3 is 15.6 Å². The first-order valence-corrected chi connectivity index (χ1v) is 9.81. The highest BCUT2D eigenvalue weighted by Gasteiger charge is 2.57. The van der Waals surface area contributed by atoms with Crippen LogP contribution in [0.4, 0.5) is 30.7 Å². The summed E-state index contributed by atoms with van der Waals surface area (Å²) in [5.74, 6) is -1.99. The Kier molecular flexibility index (Phi) is 8.96. The van der Waals surface area contributed by atoms with E-state index >= 15 is 8.78 Å². The summed E-state index contributed by atoms with van der Waals surface area (Å²) in [7, 11) is 0. The van der Waals surface area contributed by atoms with Crippen LogP contribution in [0.2, 0.25) is 0 Å². The monoisotopic (exact) mass is 519 g/mol. The number of aliphatic hydroxyl groups is 1. The first-order chi connectivity index (χ1) is 16.8. The third kappa shape index (κ3) is 6.47. The van der Waals surface area contributed by atoms with Gasteiger partial charge in [-0.3, -0.25) is 21.7 Å². The van der Waals surface area contributed by atoms with Gasteiger partial charge in [0.1, 0.15) is 23.1 Å². The predicted molar refractivity (Wildman–Crippen MR) is 116 cm³/mol. The van der Waals surface area contributed by atoms with Crippen LogP contribution < -0.4 is 21.7 Å². The molecule has 0 aliphatic carbocycles. The Morgan fingerprint density at radius 1 is 0.972 bits per heavy atom. The summed E-state index contributed by atoms with van der Waals surface area (Å²) < 4.78 is 98.6. The van der Waals surface area contributed by atoms with E-state index in [-0.39, 0.29) is 5.56 Å². The number of benzene rings is 2. The van der Waals surface area contributed by atoms with Gasteiger partial charge in [-0.2, -0.15) is 8.78 Å². The van der Waals surface area contributed by atoms with Crippen molar-refractivity contribution in [2.45, 2.75) is 17.9 Å². The summed E-state index contributed by atoms with van der Waals surface area (Å²) in [5.41, 5.74) is 1.78. The largest absolute Gasteiger partial charge is 0.573 e. The maximum Gasteiger partial charge on any atom is 0.573 e. The molecule has 0 bridgehead atoms. The lowest BCUT2D eigenvalue weighted by molar-refractivity contribution is -0.274. The number of hydrogen-bond donors (Lipinski definition) is 5. The molecule has 0 aliphatic rings. The molecular formula is C22H20F7N5O2. The number of hydrogen-bond acceptors (Lipinski definition) is 6. The molecule has 2 aromatic carbocycles. The summed E-state index contributed by atoms with van der Waals surface area (Å²) in [4.78, 5) is 3.64.